The minimum Gasteiger partial charge on any atom is -0.339 e. The molecule has 92 valence electrons. The SMILES string of the molecule is CCC(CN)c1nc(CSCC(C)C)no1. The zero-order valence-electron chi connectivity index (χ0n) is 10.3. The van der Waals surface area contributed by atoms with Crippen molar-refractivity contribution in [3.8, 4) is 0 Å². The van der Waals surface area contributed by atoms with Gasteiger partial charge in [0.25, 0.3) is 0 Å². The predicted molar refractivity (Wildman–Crippen MR) is 67.4 cm³/mol. The Hall–Kier alpha value is -0.550. The van der Waals surface area contributed by atoms with E-state index in [1.165, 1.54) is 0 Å². The van der Waals surface area contributed by atoms with Gasteiger partial charge in [0.1, 0.15) is 0 Å². The monoisotopic (exact) mass is 243 g/mol. The Labute approximate surface area is 101 Å². The van der Waals surface area contributed by atoms with Crippen LogP contribution in [0.4, 0.5) is 0 Å². The third-order valence-corrected chi connectivity index (χ3v) is 3.66. The fourth-order valence-corrected chi connectivity index (χ4v) is 2.21. The van der Waals surface area contributed by atoms with Gasteiger partial charge < -0.3 is 10.3 Å². The molecule has 16 heavy (non-hydrogen) atoms. The lowest BCUT2D eigenvalue weighted by atomic mass is 10.1. The first-order valence-electron chi connectivity index (χ1n) is 5.77. The van der Waals surface area contributed by atoms with Gasteiger partial charge in [0.2, 0.25) is 5.89 Å². The molecule has 0 bridgehead atoms. The van der Waals surface area contributed by atoms with Gasteiger partial charge in [-0.05, 0) is 18.1 Å². The fraction of sp³-hybridized carbons (Fsp3) is 0.818. The summed E-state index contributed by atoms with van der Waals surface area (Å²) >= 11 is 1.84. The van der Waals surface area contributed by atoms with Gasteiger partial charge in [0.05, 0.1) is 11.7 Å². The van der Waals surface area contributed by atoms with E-state index in [2.05, 4.69) is 30.9 Å². The first kappa shape index (κ1) is 13.5. The highest BCUT2D eigenvalue weighted by atomic mass is 32.2. The van der Waals surface area contributed by atoms with Crippen LogP contribution < -0.4 is 5.73 Å². The molecule has 1 rings (SSSR count). The van der Waals surface area contributed by atoms with Gasteiger partial charge in [-0.3, -0.25) is 0 Å². The molecule has 0 saturated heterocycles. The summed E-state index contributed by atoms with van der Waals surface area (Å²) in [5.41, 5.74) is 5.63. The van der Waals surface area contributed by atoms with E-state index in [4.69, 9.17) is 10.3 Å². The van der Waals surface area contributed by atoms with Crippen LogP contribution in [0.5, 0.6) is 0 Å². The van der Waals surface area contributed by atoms with Gasteiger partial charge >= 0.3 is 0 Å². The maximum absolute atomic E-state index is 5.63. The maximum Gasteiger partial charge on any atom is 0.231 e. The smallest absolute Gasteiger partial charge is 0.231 e. The Morgan fingerprint density at radius 3 is 2.75 bits per heavy atom. The van der Waals surface area contributed by atoms with Gasteiger partial charge in [-0.2, -0.15) is 16.7 Å². The van der Waals surface area contributed by atoms with Crippen LogP contribution in [0.25, 0.3) is 0 Å². The van der Waals surface area contributed by atoms with E-state index in [-0.39, 0.29) is 5.92 Å². The van der Waals surface area contributed by atoms with Crippen molar-refractivity contribution in [1.29, 1.82) is 0 Å². The van der Waals surface area contributed by atoms with Crippen LogP contribution in [0.2, 0.25) is 0 Å². The minimum atomic E-state index is 0.205. The lowest BCUT2D eigenvalue weighted by Crippen LogP contribution is -2.11. The first-order chi connectivity index (χ1) is 7.67. The van der Waals surface area contributed by atoms with Crippen molar-refractivity contribution in [1.82, 2.24) is 10.1 Å². The number of nitrogens with zero attached hydrogens (tertiary/aromatic N) is 2. The first-order valence-corrected chi connectivity index (χ1v) is 6.93. The molecule has 0 fully saturated rings. The predicted octanol–water partition coefficient (Wildman–Crippen LogP) is 2.41. The van der Waals surface area contributed by atoms with E-state index in [1.54, 1.807) is 0 Å². The second kappa shape index (κ2) is 6.91. The molecule has 2 N–H and O–H groups in total. The largest absolute Gasteiger partial charge is 0.339 e. The lowest BCUT2D eigenvalue weighted by molar-refractivity contribution is 0.348. The van der Waals surface area contributed by atoms with E-state index < -0.39 is 0 Å². The molecule has 0 spiro atoms. The van der Waals surface area contributed by atoms with Crippen LogP contribution in [0.15, 0.2) is 4.52 Å². The number of thioether (sulfide) groups is 1. The van der Waals surface area contributed by atoms with Crippen molar-refractivity contribution in [2.75, 3.05) is 12.3 Å². The van der Waals surface area contributed by atoms with E-state index in [0.29, 0.717) is 18.4 Å². The van der Waals surface area contributed by atoms with Crippen LogP contribution in [-0.4, -0.2) is 22.4 Å². The molecule has 1 heterocycles. The molecule has 0 aliphatic carbocycles. The third-order valence-electron chi connectivity index (χ3n) is 2.29. The van der Waals surface area contributed by atoms with E-state index in [1.807, 2.05) is 11.8 Å². The van der Waals surface area contributed by atoms with Gasteiger partial charge in [-0.1, -0.05) is 25.9 Å². The molecule has 1 unspecified atom stereocenters. The van der Waals surface area contributed by atoms with Crippen LogP contribution >= 0.6 is 11.8 Å². The molecule has 0 aliphatic rings. The summed E-state index contributed by atoms with van der Waals surface area (Å²) in [6, 6.07) is 0. The van der Waals surface area contributed by atoms with Crippen LogP contribution in [0, 0.1) is 5.92 Å². The van der Waals surface area contributed by atoms with E-state index >= 15 is 0 Å². The molecule has 1 atom stereocenters. The summed E-state index contributed by atoms with van der Waals surface area (Å²) in [7, 11) is 0. The van der Waals surface area contributed by atoms with Crippen molar-refractivity contribution in [3.63, 3.8) is 0 Å². The van der Waals surface area contributed by atoms with Crippen molar-refractivity contribution in [2.24, 2.45) is 11.7 Å². The molecule has 0 aromatic carbocycles. The molecule has 5 heteroatoms. The van der Waals surface area contributed by atoms with E-state index in [9.17, 15) is 0 Å². The minimum absolute atomic E-state index is 0.205. The number of nitrogens with two attached hydrogens (primary N) is 1. The normalized spacial score (nSPS) is 13.3. The molecular formula is C11H21N3OS. The highest BCUT2D eigenvalue weighted by molar-refractivity contribution is 7.98. The Balaban J connectivity index is 2.44. The topological polar surface area (TPSA) is 64.9 Å². The fourth-order valence-electron chi connectivity index (χ4n) is 1.32. The van der Waals surface area contributed by atoms with Gasteiger partial charge in [-0.15, -0.1) is 0 Å². The van der Waals surface area contributed by atoms with E-state index in [0.717, 1.165) is 23.8 Å². The van der Waals surface area contributed by atoms with Crippen LogP contribution in [-0.2, 0) is 5.75 Å². The standard InChI is InChI=1S/C11H21N3OS/c1-4-9(5-12)11-13-10(14-15-11)7-16-6-8(2)3/h8-9H,4-7,12H2,1-3H3. The highest BCUT2D eigenvalue weighted by Crippen LogP contribution is 2.18. The summed E-state index contributed by atoms with van der Waals surface area (Å²) in [5, 5.41) is 3.97. The zero-order chi connectivity index (χ0) is 12.0. The quantitative estimate of drug-likeness (QED) is 0.796. The Kier molecular flexibility index (Phi) is 5.84. The number of hydrogen-bond donors (Lipinski definition) is 1. The molecule has 0 radical (unpaired) electrons. The van der Waals surface area contributed by atoms with Gasteiger partial charge in [0.15, 0.2) is 5.82 Å². The third kappa shape index (κ3) is 4.14. The summed E-state index contributed by atoms with van der Waals surface area (Å²) in [4.78, 5) is 4.37. The molecule has 1 aromatic rings. The number of hydrogen-bond acceptors (Lipinski definition) is 5. The Morgan fingerprint density at radius 1 is 1.44 bits per heavy atom. The average Bonchev–Trinajstić information content (AvgIpc) is 2.68. The zero-order valence-corrected chi connectivity index (χ0v) is 11.1. The molecule has 0 saturated carbocycles. The van der Waals surface area contributed by atoms with Gasteiger partial charge in [0, 0.05) is 6.54 Å². The van der Waals surface area contributed by atoms with Gasteiger partial charge in [-0.25, -0.2) is 0 Å². The second-order valence-electron chi connectivity index (χ2n) is 4.30. The van der Waals surface area contributed by atoms with Crippen molar-refractivity contribution >= 4 is 11.8 Å². The van der Waals surface area contributed by atoms with Crippen molar-refractivity contribution < 1.29 is 4.52 Å². The van der Waals surface area contributed by atoms with Crippen LogP contribution in [0.3, 0.4) is 0 Å². The maximum atomic E-state index is 5.63. The number of rotatable bonds is 7. The Bertz CT molecular complexity index is 297. The summed E-state index contributed by atoms with van der Waals surface area (Å²) in [6.45, 7) is 7.05. The molecular weight excluding hydrogens is 222 g/mol. The second-order valence-corrected chi connectivity index (χ2v) is 5.33. The lowest BCUT2D eigenvalue weighted by Gasteiger charge is -2.04. The molecule has 0 amide bonds. The highest BCUT2D eigenvalue weighted by Gasteiger charge is 2.15. The van der Waals surface area contributed by atoms with Crippen molar-refractivity contribution in [2.45, 2.75) is 38.9 Å². The summed E-state index contributed by atoms with van der Waals surface area (Å²) in [6.07, 6.45) is 0.942. The average molecular weight is 243 g/mol. The Morgan fingerprint density at radius 2 is 2.19 bits per heavy atom. The summed E-state index contributed by atoms with van der Waals surface area (Å²) < 4.78 is 5.21. The summed E-state index contributed by atoms with van der Waals surface area (Å²) in [5.74, 6) is 4.32. The van der Waals surface area contributed by atoms with Crippen molar-refractivity contribution in [3.05, 3.63) is 11.7 Å². The molecule has 1 aromatic heterocycles. The molecule has 4 nitrogen and oxygen atoms in total. The van der Waals surface area contributed by atoms with Crippen LogP contribution in [0.1, 0.15) is 44.8 Å². The molecule has 0 aliphatic heterocycles. The number of aromatic nitrogens is 2.